The van der Waals surface area contributed by atoms with Gasteiger partial charge in [0.25, 0.3) is 5.91 Å². The quantitative estimate of drug-likeness (QED) is 0.321. The van der Waals surface area contributed by atoms with Crippen LogP contribution >= 0.6 is 0 Å². The van der Waals surface area contributed by atoms with E-state index in [4.69, 9.17) is 19.2 Å². The van der Waals surface area contributed by atoms with Gasteiger partial charge >= 0.3 is 6.09 Å². The molecule has 6 aliphatic rings. The van der Waals surface area contributed by atoms with Crippen molar-refractivity contribution in [3.8, 4) is 11.6 Å². The lowest BCUT2D eigenvalue weighted by Crippen LogP contribution is -2.60. The van der Waals surface area contributed by atoms with Gasteiger partial charge in [-0.2, -0.15) is 0 Å². The molecule has 5 fully saturated rings. The summed E-state index contributed by atoms with van der Waals surface area (Å²) in [5.74, 6) is -1.26. The highest BCUT2D eigenvalue weighted by atomic mass is 32.2. The van der Waals surface area contributed by atoms with Gasteiger partial charge in [0.15, 0.2) is 0 Å². The highest BCUT2D eigenvalue weighted by Gasteiger charge is 2.63. The summed E-state index contributed by atoms with van der Waals surface area (Å²) >= 11 is 0. The molecule has 2 aromatic heterocycles. The molecule has 4 amide bonds. The Kier molecular flexibility index (Phi) is 11.5. The maximum Gasteiger partial charge on any atom is 0.408 e. The van der Waals surface area contributed by atoms with Crippen molar-refractivity contribution < 1.29 is 41.8 Å². The van der Waals surface area contributed by atoms with Gasteiger partial charge in [-0.05, 0) is 89.2 Å². The van der Waals surface area contributed by atoms with Gasteiger partial charge in [0.05, 0.1) is 27.8 Å². The van der Waals surface area contributed by atoms with E-state index in [1.54, 1.807) is 19.3 Å². The molecule has 0 unspecified atom stereocenters. The number of ether oxygens (including phenoxy) is 3. The fraction of sp³-hybridized carbons (Fsp3) is 0.682. The van der Waals surface area contributed by atoms with Gasteiger partial charge < -0.3 is 34.6 Å². The zero-order valence-corrected chi connectivity index (χ0v) is 36.9. The first kappa shape index (κ1) is 43.2. The SMILES string of the molecule is C=C[C@@H]1C[C@]1(NC(=O)[C@@H]1C[C@@H]2CN1C(=O)[C@H](C(C)(C)C)NC(=O)O[C@H]1C[C@@H]1CCCCCc1c(nc3ccncc3c1OC1CCN(C)CC1)O2)C(=O)NS(=O)(=O)C1(C)CC1. The Bertz CT molecular complexity index is 2180. The van der Waals surface area contributed by atoms with Gasteiger partial charge in [-0.3, -0.25) is 24.1 Å². The number of amides is 4. The molecule has 0 spiro atoms. The number of nitrogens with zero attached hydrogens (tertiary/aromatic N) is 4. The zero-order chi connectivity index (χ0) is 43.5. The monoisotopic (exact) mass is 863 g/mol. The number of sulfonamides is 1. The number of alkyl carbamates (subject to hydrolysis) is 1. The molecule has 3 N–H and O–H groups in total. The van der Waals surface area contributed by atoms with Crippen LogP contribution in [0.1, 0.15) is 104 Å². The second-order valence-corrected chi connectivity index (χ2v) is 21.8. The molecule has 2 bridgehead atoms. The molecule has 17 heteroatoms. The van der Waals surface area contributed by atoms with E-state index < -0.39 is 73.6 Å². The van der Waals surface area contributed by atoms with E-state index in [9.17, 15) is 27.6 Å². The summed E-state index contributed by atoms with van der Waals surface area (Å²) in [7, 11) is -1.91. The van der Waals surface area contributed by atoms with Crippen molar-refractivity contribution in [1.29, 1.82) is 0 Å². The Labute approximate surface area is 358 Å². The molecule has 332 valence electrons. The van der Waals surface area contributed by atoms with Crippen LogP contribution in [-0.2, 0) is 35.6 Å². The molecule has 3 aliphatic heterocycles. The Morgan fingerprint density at radius 3 is 2.52 bits per heavy atom. The number of fused-ring (bicyclic) bond motifs is 5. The van der Waals surface area contributed by atoms with E-state index in [2.05, 4.69) is 38.9 Å². The molecule has 0 radical (unpaired) electrons. The zero-order valence-electron chi connectivity index (χ0n) is 36.0. The number of pyridine rings is 2. The van der Waals surface area contributed by atoms with Gasteiger partial charge in [0.2, 0.25) is 27.7 Å². The fourth-order valence-corrected chi connectivity index (χ4v) is 10.4. The fourth-order valence-electron chi connectivity index (χ4n) is 9.13. The highest BCUT2D eigenvalue weighted by Crippen LogP contribution is 2.47. The molecular formula is C44H61N7O9S. The third-order valence-electron chi connectivity index (χ3n) is 13.7. The predicted molar refractivity (Wildman–Crippen MR) is 226 cm³/mol. The van der Waals surface area contributed by atoms with Crippen molar-refractivity contribution >= 4 is 44.7 Å². The molecule has 2 aromatic rings. The van der Waals surface area contributed by atoms with Gasteiger partial charge in [0.1, 0.15) is 41.7 Å². The lowest BCUT2D eigenvalue weighted by atomic mass is 9.85. The number of hydrogen-bond donors (Lipinski definition) is 3. The smallest absolute Gasteiger partial charge is 0.408 e. The van der Waals surface area contributed by atoms with Crippen molar-refractivity contribution in [3.63, 3.8) is 0 Å². The standard InChI is InChI=1S/C44H61N7O9S/c1-7-27-23-44(27,40(54)49-61(56,57)43(5)16-17-43)48-37(52)33-22-29-25-51(33)39(53)36(42(2,3)4)47-41(55)60-34-21-26(34)11-9-8-10-12-30-35(58-28-14-19-50(6)20-15-28)31-24-45-18-13-32(31)46-38(30)59-29/h7,13,18,24,26-29,33-34,36H,1,8-12,14-17,19-23,25H2,2-6H3,(H,47,55)(H,48,52)(H,49,54)/t26-,27+,29+,33-,34-,36+,44+/m0/s1. The second kappa shape index (κ2) is 16.3. The third kappa shape index (κ3) is 8.91. The number of piperidine rings is 1. The number of rotatable bonds is 8. The van der Waals surface area contributed by atoms with Crippen LogP contribution < -0.4 is 24.8 Å². The lowest BCUT2D eigenvalue weighted by molar-refractivity contribution is -0.142. The van der Waals surface area contributed by atoms with Crippen LogP contribution in [0.2, 0.25) is 0 Å². The molecule has 7 atom stereocenters. The van der Waals surface area contributed by atoms with Crippen molar-refractivity contribution in [2.45, 2.75) is 145 Å². The first-order valence-corrected chi connectivity index (χ1v) is 23.5. The van der Waals surface area contributed by atoms with Gasteiger partial charge in [-0.15, -0.1) is 6.58 Å². The summed E-state index contributed by atoms with van der Waals surface area (Å²) < 4.78 is 47.1. The van der Waals surface area contributed by atoms with Crippen molar-refractivity contribution in [1.82, 2.24) is 35.1 Å². The Morgan fingerprint density at radius 2 is 1.84 bits per heavy atom. The van der Waals surface area contributed by atoms with Crippen LogP contribution in [0.15, 0.2) is 31.1 Å². The molecule has 61 heavy (non-hydrogen) atoms. The third-order valence-corrected chi connectivity index (χ3v) is 15.9. The molecule has 3 aliphatic carbocycles. The maximum atomic E-state index is 14.9. The minimum absolute atomic E-state index is 0.0170. The van der Waals surface area contributed by atoms with Crippen LogP contribution in [0.25, 0.3) is 10.9 Å². The normalized spacial score (nSPS) is 30.9. The summed E-state index contributed by atoms with van der Waals surface area (Å²) in [5.41, 5.74) is -0.932. The molecule has 8 rings (SSSR count). The maximum absolute atomic E-state index is 14.9. The molecule has 16 nitrogen and oxygen atoms in total. The number of likely N-dealkylation sites (tertiary alicyclic amines) is 1. The average Bonchev–Trinajstić information content (AvgIpc) is 4.17. The number of aromatic nitrogens is 2. The van der Waals surface area contributed by atoms with Gasteiger partial charge in [-0.1, -0.05) is 39.7 Å². The summed E-state index contributed by atoms with van der Waals surface area (Å²) in [6.45, 7) is 12.7. The molecule has 3 saturated carbocycles. The van der Waals surface area contributed by atoms with E-state index >= 15 is 0 Å². The van der Waals surface area contributed by atoms with E-state index in [0.29, 0.717) is 36.4 Å². The highest BCUT2D eigenvalue weighted by molar-refractivity contribution is 7.91. The molecule has 5 heterocycles. The largest absolute Gasteiger partial charge is 0.489 e. The molecule has 0 aromatic carbocycles. The summed E-state index contributed by atoms with van der Waals surface area (Å²) in [6.07, 6.45) is 11.0. The number of carbonyl (C=O) groups is 4. The summed E-state index contributed by atoms with van der Waals surface area (Å²) in [4.78, 5) is 69.8. The van der Waals surface area contributed by atoms with Crippen LogP contribution in [0.4, 0.5) is 4.79 Å². The van der Waals surface area contributed by atoms with Crippen molar-refractivity contribution in [2.24, 2.45) is 17.3 Å². The van der Waals surface area contributed by atoms with Crippen LogP contribution in [-0.4, -0.2) is 119 Å². The topological polar surface area (TPSA) is 198 Å². The predicted octanol–water partition coefficient (Wildman–Crippen LogP) is 4.16. The van der Waals surface area contributed by atoms with Crippen molar-refractivity contribution in [3.05, 3.63) is 36.7 Å². The van der Waals surface area contributed by atoms with Crippen molar-refractivity contribution in [2.75, 3.05) is 26.7 Å². The molecule has 2 saturated heterocycles. The summed E-state index contributed by atoms with van der Waals surface area (Å²) in [5, 5.41) is 6.48. The minimum atomic E-state index is -4.01. The van der Waals surface area contributed by atoms with E-state index in [0.717, 1.165) is 69.0 Å². The summed E-state index contributed by atoms with van der Waals surface area (Å²) in [6, 6.07) is -0.436. The number of carbonyl (C=O) groups excluding carboxylic acids is 4. The van der Waals surface area contributed by atoms with E-state index in [-0.39, 0.29) is 37.5 Å². The van der Waals surface area contributed by atoms with E-state index in [1.807, 2.05) is 26.8 Å². The lowest BCUT2D eigenvalue weighted by Gasteiger charge is -2.35. The van der Waals surface area contributed by atoms with Gasteiger partial charge in [-0.25, -0.2) is 18.2 Å². The van der Waals surface area contributed by atoms with Crippen LogP contribution in [0.3, 0.4) is 0 Å². The molecular weight excluding hydrogens is 803 g/mol. The first-order valence-electron chi connectivity index (χ1n) is 22.0. The second-order valence-electron chi connectivity index (χ2n) is 19.6. The van der Waals surface area contributed by atoms with Gasteiger partial charge in [0, 0.05) is 37.8 Å². The minimum Gasteiger partial charge on any atom is -0.489 e. The Hall–Kier alpha value is -4.51. The van der Waals surface area contributed by atoms with Crippen LogP contribution in [0.5, 0.6) is 11.6 Å². The Balaban J connectivity index is 1.14. The first-order chi connectivity index (χ1) is 28.9. The Morgan fingerprint density at radius 1 is 1.08 bits per heavy atom. The van der Waals surface area contributed by atoms with E-state index in [1.165, 1.54) is 11.0 Å². The number of nitrogens with one attached hydrogen (secondary N) is 3. The number of hydrogen-bond acceptors (Lipinski definition) is 12. The van der Waals surface area contributed by atoms with Crippen LogP contribution in [0, 0.1) is 17.3 Å². The average molecular weight is 864 g/mol.